The average molecular weight is 507 g/mol. The van der Waals surface area contributed by atoms with Gasteiger partial charge in [0, 0.05) is 1.43 Å². The van der Waals surface area contributed by atoms with Gasteiger partial charge in [-0.25, -0.2) is 26.0 Å². The van der Waals surface area contributed by atoms with Crippen molar-refractivity contribution in [3.05, 3.63) is 38.2 Å². The molecule has 0 amide bonds. The molecule has 0 heterocycles. The maximum Gasteiger partial charge on any atom is 2.00 e. The van der Waals surface area contributed by atoms with Crippen LogP contribution in [-0.2, 0) is 21.1 Å². The second-order valence-corrected chi connectivity index (χ2v) is 1.97. The molecule has 0 bridgehead atoms. The van der Waals surface area contributed by atoms with Gasteiger partial charge in [-0.15, -0.1) is 24.0 Å². The third-order valence-electron chi connectivity index (χ3n) is 1.01. The molecule has 5 heteroatoms. The second-order valence-electron chi connectivity index (χ2n) is 1.97. The largest absolute Gasteiger partial charge is 2.00 e. The SMILES string of the molecule is F.I.[CH2-]C=CC=NCCN=CC=C[CH2-].[HH].[Pt+2]. The van der Waals surface area contributed by atoms with Crippen LogP contribution in [0.1, 0.15) is 1.43 Å². The molecule has 0 saturated heterocycles. The third kappa shape index (κ3) is 24.9. The quantitative estimate of drug-likeness (QED) is 0.237. The molecule has 0 aliphatic rings. The van der Waals surface area contributed by atoms with Crippen LogP contribution in [0.5, 0.6) is 0 Å². The second kappa shape index (κ2) is 23.6. The van der Waals surface area contributed by atoms with Gasteiger partial charge < -0.3 is 9.98 Å². The molecule has 0 unspecified atom stereocenters. The van der Waals surface area contributed by atoms with E-state index in [-0.39, 0.29) is 51.2 Å². The van der Waals surface area contributed by atoms with Crippen LogP contribution in [-0.4, -0.2) is 25.5 Å². The van der Waals surface area contributed by atoms with Crippen LogP contribution < -0.4 is 0 Å². The summed E-state index contributed by atoms with van der Waals surface area (Å²) in [5.74, 6) is 0. The minimum atomic E-state index is 0. The topological polar surface area (TPSA) is 24.7 Å². The minimum Gasteiger partial charge on any atom is -0.310 e. The molecule has 15 heavy (non-hydrogen) atoms. The molecule has 0 saturated carbocycles. The van der Waals surface area contributed by atoms with Crippen molar-refractivity contribution in [2.45, 2.75) is 0 Å². The number of hydrogen-bond acceptors (Lipinski definition) is 2. The zero-order valence-corrected chi connectivity index (χ0v) is 12.9. The number of nitrogens with zero attached hydrogens (tertiary/aromatic N) is 2. The van der Waals surface area contributed by atoms with Crippen molar-refractivity contribution in [2.24, 2.45) is 9.98 Å². The first-order valence-corrected chi connectivity index (χ1v) is 3.80. The van der Waals surface area contributed by atoms with Gasteiger partial charge in [-0.05, 0) is 0 Å². The molecule has 2 nitrogen and oxygen atoms in total. The van der Waals surface area contributed by atoms with Crippen molar-refractivity contribution in [3.8, 4) is 0 Å². The van der Waals surface area contributed by atoms with Gasteiger partial charge in [0.05, 0.1) is 13.1 Å². The van der Waals surface area contributed by atoms with Crippen LogP contribution >= 0.6 is 24.0 Å². The van der Waals surface area contributed by atoms with Crippen molar-refractivity contribution in [2.75, 3.05) is 13.1 Å². The summed E-state index contributed by atoms with van der Waals surface area (Å²) in [4.78, 5) is 8.11. The Balaban J connectivity index is -0.000000101. The number of halogens is 2. The molecule has 0 fully saturated rings. The average Bonchev–Trinajstić information content (AvgIpc) is 2.10. The molecule has 0 aromatic carbocycles. The monoisotopic (exact) mass is 507 g/mol. The van der Waals surface area contributed by atoms with Crippen LogP contribution in [0, 0.1) is 13.8 Å². The Bertz CT molecular complexity index is 187. The van der Waals surface area contributed by atoms with E-state index in [0.717, 1.165) is 0 Å². The fourth-order valence-corrected chi connectivity index (χ4v) is 0.508. The van der Waals surface area contributed by atoms with E-state index in [1.54, 1.807) is 36.7 Å². The number of hydrogen-bond donors (Lipinski definition) is 0. The molecule has 0 atom stereocenters. The van der Waals surface area contributed by atoms with E-state index in [1.807, 2.05) is 0 Å². The Labute approximate surface area is 124 Å². The van der Waals surface area contributed by atoms with Gasteiger partial charge in [0.25, 0.3) is 0 Å². The molecular weight excluding hydrogens is 489 g/mol. The minimum absolute atomic E-state index is 0. The zero-order valence-electron chi connectivity index (χ0n) is 8.32. The first-order valence-electron chi connectivity index (χ1n) is 3.80. The Morgan fingerprint density at radius 1 is 0.933 bits per heavy atom. The van der Waals surface area contributed by atoms with E-state index in [4.69, 9.17) is 0 Å². The fraction of sp³-hybridized carbons (Fsp3) is 0.200. The summed E-state index contributed by atoms with van der Waals surface area (Å²) in [5, 5.41) is 0. The maximum atomic E-state index is 4.05. The Kier molecular flexibility index (Phi) is 38.1. The van der Waals surface area contributed by atoms with Gasteiger partial charge in [-0.1, -0.05) is 12.4 Å². The van der Waals surface area contributed by atoms with E-state index < -0.39 is 0 Å². The van der Waals surface area contributed by atoms with Gasteiger partial charge in [-0.3, -0.25) is 4.70 Å². The molecule has 0 aromatic rings. The van der Waals surface area contributed by atoms with Gasteiger partial charge in [-0.2, -0.15) is 12.2 Å². The van der Waals surface area contributed by atoms with E-state index in [0.29, 0.717) is 13.1 Å². The van der Waals surface area contributed by atoms with Crippen molar-refractivity contribution in [1.82, 2.24) is 0 Å². The van der Waals surface area contributed by atoms with Gasteiger partial charge in [0.15, 0.2) is 0 Å². The van der Waals surface area contributed by atoms with Gasteiger partial charge in [0.2, 0.25) is 0 Å². The first-order chi connectivity index (χ1) is 5.91. The van der Waals surface area contributed by atoms with Crippen LogP contribution in [0.4, 0.5) is 4.70 Å². The van der Waals surface area contributed by atoms with E-state index in [9.17, 15) is 0 Å². The summed E-state index contributed by atoms with van der Waals surface area (Å²) in [6, 6.07) is 0. The summed E-state index contributed by atoms with van der Waals surface area (Å²) >= 11 is 0. The fourth-order valence-electron chi connectivity index (χ4n) is 0.508. The summed E-state index contributed by atoms with van der Waals surface area (Å²) in [6.45, 7) is 8.48. The summed E-state index contributed by atoms with van der Waals surface area (Å²) in [6.07, 6.45) is 10.4. The van der Waals surface area contributed by atoms with Crippen LogP contribution in [0.3, 0.4) is 0 Å². The normalized spacial score (nSPS) is 10.4. The Morgan fingerprint density at radius 3 is 1.53 bits per heavy atom. The van der Waals surface area contributed by atoms with Gasteiger partial charge in [0.1, 0.15) is 0 Å². The number of aliphatic imine (C=N–C) groups is 2. The van der Waals surface area contributed by atoms with Crippen molar-refractivity contribution in [3.63, 3.8) is 0 Å². The maximum absolute atomic E-state index is 4.05. The first kappa shape index (κ1) is 24.2. The molecular formula is C10H18FIN2Pt. The molecule has 0 aromatic heterocycles. The smallest absolute Gasteiger partial charge is 0.310 e. The summed E-state index contributed by atoms with van der Waals surface area (Å²) in [7, 11) is 0. The zero-order chi connectivity index (χ0) is 9.07. The molecule has 92 valence electrons. The summed E-state index contributed by atoms with van der Waals surface area (Å²) < 4.78 is 0. The standard InChI is InChI=1S/C10H14N2.FH.HI.Pt.H2/c1-3-5-7-11-9-10-12-8-6-4-2;;;;/h3-8H,1-2,9-10H2;2*1H;;1H/q-2;;;+2;. The predicted molar refractivity (Wildman–Crippen MR) is 75.7 cm³/mol. The Morgan fingerprint density at radius 2 is 1.27 bits per heavy atom. The molecule has 0 radical (unpaired) electrons. The van der Waals surface area contributed by atoms with Crippen molar-refractivity contribution in [1.29, 1.82) is 0 Å². The third-order valence-corrected chi connectivity index (χ3v) is 1.01. The Hall–Kier alpha value is -0.0917. The van der Waals surface area contributed by atoms with Crippen LogP contribution in [0.2, 0.25) is 0 Å². The van der Waals surface area contributed by atoms with Crippen molar-refractivity contribution >= 4 is 36.4 Å². The van der Waals surface area contributed by atoms with E-state index >= 15 is 0 Å². The number of allylic oxidation sites excluding steroid dienone is 4. The number of rotatable bonds is 5. The predicted octanol–water partition coefficient (Wildman–Crippen LogP) is 2.92. The van der Waals surface area contributed by atoms with Crippen LogP contribution in [0.15, 0.2) is 34.3 Å². The summed E-state index contributed by atoms with van der Waals surface area (Å²) in [5.41, 5.74) is 0. The van der Waals surface area contributed by atoms with Gasteiger partial charge >= 0.3 is 21.1 Å². The van der Waals surface area contributed by atoms with Crippen molar-refractivity contribution < 1.29 is 27.2 Å². The molecule has 0 N–H and O–H groups in total. The van der Waals surface area contributed by atoms with E-state index in [1.165, 1.54) is 0 Å². The molecule has 0 aliphatic heterocycles. The molecule has 0 spiro atoms. The molecule has 0 rings (SSSR count). The van der Waals surface area contributed by atoms with Crippen LogP contribution in [0.25, 0.3) is 0 Å². The van der Waals surface area contributed by atoms with E-state index in [2.05, 4.69) is 23.8 Å². The molecule has 0 aliphatic carbocycles.